The number of carbonyl (C=O) groups is 1. The first-order chi connectivity index (χ1) is 9.61. The van der Waals surface area contributed by atoms with Gasteiger partial charge in [0.05, 0.1) is 22.7 Å². The fourth-order valence-electron chi connectivity index (χ4n) is 1.63. The van der Waals surface area contributed by atoms with Crippen LogP contribution in [0.5, 0.6) is 0 Å². The van der Waals surface area contributed by atoms with Gasteiger partial charge in [-0.1, -0.05) is 0 Å². The molecule has 0 spiro atoms. The van der Waals surface area contributed by atoms with Crippen LogP contribution in [-0.4, -0.2) is 22.9 Å². The number of nitrogens with one attached hydrogen (secondary N) is 2. The van der Waals surface area contributed by atoms with E-state index < -0.39 is 4.92 Å². The van der Waals surface area contributed by atoms with E-state index >= 15 is 0 Å². The molecule has 0 saturated carbocycles. The van der Waals surface area contributed by atoms with Gasteiger partial charge in [-0.25, -0.2) is 4.98 Å². The van der Waals surface area contributed by atoms with Crippen LogP contribution in [0.25, 0.3) is 0 Å². The highest BCUT2D eigenvalue weighted by Gasteiger charge is 2.16. The fourth-order valence-corrected chi connectivity index (χ4v) is 2.19. The molecule has 0 saturated heterocycles. The number of nitrogens with zero attached hydrogens (tertiary/aromatic N) is 2. The van der Waals surface area contributed by atoms with Gasteiger partial charge in [-0.15, -0.1) is 11.3 Å². The second-order valence-electron chi connectivity index (χ2n) is 3.90. The first-order valence-electron chi connectivity index (χ1n) is 5.73. The number of thiazole rings is 1. The molecule has 1 aromatic carbocycles. The monoisotopic (exact) mass is 292 g/mol. The maximum Gasteiger partial charge on any atom is 0.293 e. The lowest BCUT2D eigenvalue weighted by Gasteiger charge is -2.06. The summed E-state index contributed by atoms with van der Waals surface area (Å²) in [4.78, 5) is 26.4. The first kappa shape index (κ1) is 13.9. The van der Waals surface area contributed by atoms with Crippen LogP contribution in [0.15, 0.2) is 29.1 Å². The first-order valence-corrected chi connectivity index (χ1v) is 6.67. The summed E-state index contributed by atoms with van der Waals surface area (Å²) in [5.41, 5.74) is 2.91. The second-order valence-corrected chi connectivity index (χ2v) is 4.62. The predicted octanol–water partition coefficient (Wildman–Crippen LogP) is 2.02. The van der Waals surface area contributed by atoms with Crippen molar-refractivity contribution in [1.29, 1.82) is 0 Å². The van der Waals surface area contributed by atoms with Crippen LogP contribution in [0.3, 0.4) is 0 Å². The molecule has 0 bridgehead atoms. The molecule has 0 radical (unpaired) electrons. The topological polar surface area (TPSA) is 97.2 Å². The van der Waals surface area contributed by atoms with Gasteiger partial charge in [0, 0.05) is 24.1 Å². The second kappa shape index (κ2) is 6.11. The number of carbonyl (C=O) groups excluding carboxylic acids is 1. The van der Waals surface area contributed by atoms with Gasteiger partial charge >= 0.3 is 0 Å². The quantitative estimate of drug-likeness (QED) is 0.649. The molecule has 1 heterocycles. The number of aromatic nitrogens is 1. The molecule has 104 valence electrons. The number of nitro groups is 1. The molecule has 2 aromatic rings. The smallest absolute Gasteiger partial charge is 0.293 e. The van der Waals surface area contributed by atoms with E-state index in [2.05, 4.69) is 15.6 Å². The third-order valence-electron chi connectivity index (χ3n) is 2.64. The lowest BCUT2D eigenvalue weighted by Crippen LogP contribution is -2.23. The molecule has 2 N–H and O–H groups in total. The van der Waals surface area contributed by atoms with Gasteiger partial charge in [-0.2, -0.15) is 0 Å². The lowest BCUT2D eigenvalue weighted by molar-refractivity contribution is -0.384. The van der Waals surface area contributed by atoms with Crippen molar-refractivity contribution in [2.45, 2.75) is 6.54 Å². The number of anilines is 1. The van der Waals surface area contributed by atoms with E-state index in [9.17, 15) is 14.9 Å². The third kappa shape index (κ3) is 3.09. The van der Waals surface area contributed by atoms with Crippen molar-refractivity contribution >= 4 is 28.6 Å². The van der Waals surface area contributed by atoms with Crippen LogP contribution >= 0.6 is 11.3 Å². The van der Waals surface area contributed by atoms with Crippen molar-refractivity contribution < 1.29 is 9.72 Å². The molecule has 8 heteroatoms. The number of hydrogen-bond donors (Lipinski definition) is 2. The van der Waals surface area contributed by atoms with Gasteiger partial charge < -0.3 is 10.6 Å². The van der Waals surface area contributed by atoms with Crippen molar-refractivity contribution in [2.24, 2.45) is 0 Å². The van der Waals surface area contributed by atoms with Gasteiger partial charge in [0.1, 0.15) is 5.69 Å². The van der Waals surface area contributed by atoms with E-state index in [1.807, 2.05) is 5.38 Å². The van der Waals surface area contributed by atoms with Crippen LogP contribution in [0.1, 0.15) is 16.1 Å². The van der Waals surface area contributed by atoms with Crippen molar-refractivity contribution in [2.75, 3.05) is 12.4 Å². The van der Waals surface area contributed by atoms with Crippen LogP contribution in [-0.2, 0) is 6.54 Å². The van der Waals surface area contributed by atoms with E-state index in [0.717, 1.165) is 5.69 Å². The average molecular weight is 292 g/mol. The van der Waals surface area contributed by atoms with E-state index in [0.29, 0.717) is 12.2 Å². The van der Waals surface area contributed by atoms with Crippen molar-refractivity contribution in [3.8, 4) is 0 Å². The van der Waals surface area contributed by atoms with Gasteiger partial charge in [-0.3, -0.25) is 14.9 Å². The van der Waals surface area contributed by atoms with Crippen LogP contribution in [0.2, 0.25) is 0 Å². The molecule has 0 fully saturated rings. The van der Waals surface area contributed by atoms with Crippen molar-refractivity contribution in [3.63, 3.8) is 0 Å². The zero-order chi connectivity index (χ0) is 14.5. The Kier molecular flexibility index (Phi) is 4.26. The number of amides is 1. The fraction of sp³-hybridized carbons (Fsp3) is 0.167. The summed E-state index contributed by atoms with van der Waals surface area (Å²) in [6.07, 6.45) is 0. The van der Waals surface area contributed by atoms with E-state index in [1.165, 1.54) is 29.5 Å². The molecule has 0 unspecified atom stereocenters. The van der Waals surface area contributed by atoms with Gasteiger partial charge in [0.15, 0.2) is 0 Å². The maximum absolute atomic E-state index is 11.9. The molecule has 0 aliphatic heterocycles. The largest absolute Gasteiger partial charge is 0.383 e. The van der Waals surface area contributed by atoms with Gasteiger partial charge in [0.2, 0.25) is 0 Å². The molecule has 0 aliphatic rings. The van der Waals surface area contributed by atoms with Gasteiger partial charge in [-0.05, 0) is 12.1 Å². The van der Waals surface area contributed by atoms with Crippen LogP contribution < -0.4 is 10.6 Å². The van der Waals surface area contributed by atoms with Gasteiger partial charge in [0.25, 0.3) is 11.6 Å². The Morgan fingerprint density at radius 1 is 1.50 bits per heavy atom. The summed E-state index contributed by atoms with van der Waals surface area (Å²) >= 11 is 1.44. The Morgan fingerprint density at radius 2 is 2.30 bits per heavy atom. The van der Waals surface area contributed by atoms with Crippen molar-refractivity contribution in [1.82, 2.24) is 10.3 Å². The maximum atomic E-state index is 11.9. The molecule has 0 aliphatic carbocycles. The Balaban J connectivity index is 2.13. The predicted molar refractivity (Wildman–Crippen MR) is 75.9 cm³/mol. The normalized spacial score (nSPS) is 10.1. The lowest BCUT2D eigenvalue weighted by atomic mass is 10.1. The molecule has 1 amide bonds. The minimum Gasteiger partial charge on any atom is -0.383 e. The number of rotatable bonds is 5. The minimum atomic E-state index is -0.525. The Labute approximate surface area is 118 Å². The zero-order valence-electron chi connectivity index (χ0n) is 10.6. The number of benzene rings is 1. The summed E-state index contributed by atoms with van der Waals surface area (Å²) in [5, 5.41) is 18.1. The zero-order valence-corrected chi connectivity index (χ0v) is 11.4. The standard InChI is InChI=1S/C12H12N4O3S/c1-13-10-3-2-8(4-11(10)16(18)19)12(17)14-5-9-6-20-7-15-9/h2-4,6-7,13H,5H2,1H3,(H,14,17). The minimum absolute atomic E-state index is 0.131. The highest BCUT2D eigenvalue weighted by atomic mass is 32.1. The Morgan fingerprint density at radius 3 is 2.90 bits per heavy atom. The molecule has 20 heavy (non-hydrogen) atoms. The summed E-state index contributed by atoms with van der Waals surface area (Å²) < 4.78 is 0. The highest BCUT2D eigenvalue weighted by molar-refractivity contribution is 7.07. The van der Waals surface area contributed by atoms with Crippen molar-refractivity contribution in [3.05, 3.63) is 50.5 Å². The van der Waals surface area contributed by atoms with Crippen LogP contribution in [0, 0.1) is 10.1 Å². The summed E-state index contributed by atoms with van der Waals surface area (Å²) in [6, 6.07) is 4.30. The van der Waals surface area contributed by atoms with E-state index in [1.54, 1.807) is 12.6 Å². The SMILES string of the molecule is CNc1ccc(C(=O)NCc2cscn2)cc1[N+](=O)[O-]. The molecule has 2 rings (SSSR count). The number of nitro benzene ring substituents is 1. The van der Waals surface area contributed by atoms with E-state index in [-0.39, 0.29) is 17.2 Å². The molecule has 7 nitrogen and oxygen atoms in total. The molecular weight excluding hydrogens is 280 g/mol. The Bertz CT molecular complexity index is 628. The summed E-state index contributed by atoms with van der Waals surface area (Å²) in [6.45, 7) is 0.296. The molecular formula is C12H12N4O3S. The Hall–Kier alpha value is -2.48. The average Bonchev–Trinajstić information content (AvgIpc) is 2.97. The number of hydrogen-bond acceptors (Lipinski definition) is 6. The van der Waals surface area contributed by atoms with E-state index in [4.69, 9.17) is 0 Å². The summed E-state index contributed by atoms with van der Waals surface area (Å²) in [5.74, 6) is -0.372. The molecule has 0 atom stereocenters. The molecule has 1 aromatic heterocycles. The highest BCUT2D eigenvalue weighted by Crippen LogP contribution is 2.24. The summed E-state index contributed by atoms with van der Waals surface area (Å²) in [7, 11) is 1.59. The van der Waals surface area contributed by atoms with Crippen LogP contribution in [0.4, 0.5) is 11.4 Å². The third-order valence-corrected chi connectivity index (χ3v) is 3.27.